The number of hydrogen-bond acceptors (Lipinski definition) is 21. The molecule has 0 saturated carbocycles. The molecule has 25 N–H and O–H groups in total. The lowest BCUT2D eigenvalue weighted by Gasteiger charge is -2.33. The SMILES string of the molecule is CCC(C)[C@@H]1NC(=O)[C@H](Cc2ccccc2)NC(=O)CSC[C@@H](C(=O)NCC(N)=O)NC(=O)[C@H](Cc2cncn2C)NC(=O)[C@H](CCCNC(=N)N)NC(=O)[C@H](Cc2cnc[nH]2)NC(=O)[C@H](Cc2ccccc2)N(C)C(=O)[C@H](CCCNC(=N)N)NC(=O)[C@H](CO)NC(=O)CNC(=O)[C@H](Cc2cnc[nH]2)NC(=O)[C@H](Cc2cccc3ccccc23)NC1=O. The number of thioether (sulfide) groups is 1. The maximum absolute atomic E-state index is 15.4. The molecule has 1 aliphatic rings. The average Bonchev–Trinajstić information content (AvgIpc) is 1.52. The predicted octanol–water partition coefficient (Wildman–Crippen LogP) is -4.52. The summed E-state index contributed by atoms with van der Waals surface area (Å²) in [6.45, 7) is 0.736. The first-order valence-corrected chi connectivity index (χ1v) is 41.0. The lowest BCUT2D eigenvalue weighted by atomic mass is 9.95. The lowest BCUT2D eigenvalue weighted by Crippen LogP contribution is -2.61. The molecule has 0 bridgehead atoms. The number of primary amides is 1. The van der Waals surface area contributed by atoms with Crippen LogP contribution in [0, 0.1) is 16.7 Å². The van der Waals surface area contributed by atoms with Crippen molar-refractivity contribution >= 4 is 117 Å². The van der Waals surface area contributed by atoms with Gasteiger partial charge < -0.3 is 116 Å². The Kier molecular flexibility index (Phi) is 36.8. The van der Waals surface area contributed by atoms with Crippen LogP contribution in [0.2, 0.25) is 0 Å². The van der Waals surface area contributed by atoms with Crippen molar-refractivity contribution in [2.45, 2.75) is 151 Å². The van der Waals surface area contributed by atoms with E-state index in [1.54, 1.807) is 104 Å². The number of likely N-dealkylation sites (N-methyl/N-ethyl adjacent to an activating group) is 1. The van der Waals surface area contributed by atoms with Crippen LogP contribution in [-0.2, 0) is 113 Å². The number of carbonyl (C=O) groups excluding carboxylic acids is 14. The first-order valence-electron chi connectivity index (χ1n) is 39.9. The number of hydrogen-bond donors (Lipinski definition) is 22. The van der Waals surface area contributed by atoms with Crippen molar-refractivity contribution in [1.29, 1.82) is 10.8 Å². The number of amides is 14. The summed E-state index contributed by atoms with van der Waals surface area (Å²) in [5.41, 5.74) is 19.3. The first kappa shape index (κ1) is 94.7. The van der Waals surface area contributed by atoms with Crippen LogP contribution in [-0.4, -0.2) is 252 Å². The van der Waals surface area contributed by atoms with Gasteiger partial charge in [0.2, 0.25) is 82.7 Å². The Morgan fingerprint density at radius 3 is 1.62 bits per heavy atom. The molecule has 0 aliphatic carbocycles. The Balaban J connectivity index is 1.20. The molecule has 41 nitrogen and oxygen atoms in total. The number of nitrogens with two attached hydrogens (primary N) is 3. The second-order valence-electron chi connectivity index (χ2n) is 29.6. The standard InChI is InChI=1S/C81H108N26O15S/c1-5-46(2)68-78(121)103-58(31-50-23-14-22-49-21-12-13-24-54(49)50)72(115)100-59(32-51-35-87-43-94-51)69(112)93-39-66(110)97-62(40-108)76(119)99-56(26-16-28-91-81(85)86)79(122)107(4)64(30-48-19-10-7-11-20-48)77(120)102-60(33-52-36-88-44-95-52)73(116)98-55(25-15-27-90-80(83)84)71(114)101-61(34-53-37-89-45-106(53)3)74(117)104-63(70(113)92-38-65(82)109)41-123-42-67(111)96-57(75(118)105-68)29-47-17-8-6-9-18-47/h6-14,17-24,35-37,43-46,55-64,68,108H,5,15-16,25-34,38-42H2,1-4H3,(H2,82,109)(H,87,94)(H,88,95)(H,92,113)(H,93,112)(H,96,111)(H,97,110)(H,98,116)(H,99,119)(H,100,115)(H,101,114)(H,102,120)(H,103,121)(H,104,117)(H,105,118)(H4,83,84,90)(H4,85,86,91)/t46?,55-,56-,57-,58-,59-,60-,61-,62-,63-,64-,68-/m0/s1. The summed E-state index contributed by atoms with van der Waals surface area (Å²) in [7, 11) is 2.87. The van der Waals surface area contributed by atoms with Gasteiger partial charge >= 0.3 is 0 Å². The normalized spacial score (nSPS) is 21.9. The number of imidazole rings is 3. The molecule has 12 atom stereocenters. The van der Waals surface area contributed by atoms with E-state index in [1.807, 2.05) is 24.3 Å². The Bertz CT molecular complexity index is 4790. The number of fused-ring (bicyclic) bond motifs is 1. The number of aliphatic hydroxyl groups excluding tert-OH is 1. The van der Waals surface area contributed by atoms with Gasteiger partial charge in [-0.05, 0) is 59.1 Å². The molecule has 123 heavy (non-hydrogen) atoms. The Hall–Kier alpha value is -13.8. The van der Waals surface area contributed by atoms with E-state index in [4.69, 9.17) is 28.0 Å². The largest absolute Gasteiger partial charge is 0.394 e. The molecule has 658 valence electrons. The molecule has 0 spiro atoms. The Labute approximate surface area is 712 Å². The van der Waals surface area contributed by atoms with Crippen molar-refractivity contribution in [2.75, 3.05) is 51.3 Å². The summed E-state index contributed by atoms with van der Waals surface area (Å²) < 4.78 is 1.54. The van der Waals surface area contributed by atoms with Gasteiger partial charge in [-0.25, -0.2) is 15.0 Å². The molecule has 42 heteroatoms. The zero-order valence-electron chi connectivity index (χ0n) is 68.5. The molecule has 1 unspecified atom stereocenters. The van der Waals surface area contributed by atoms with Gasteiger partial charge in [0.05, 0.1) is 44.4 Å². The highest BCUT2D eigenvalue weighted by Crippen LogP contribution is 2.22. The summed E-state index contributed by atoms with van der Waals surface area (Å²) in [4.78, 5) is 225. The third kappa shape index (κ3) is 30.1. The van der Waals surface area contributed by atoms with Crippen molar-refractivity contribution in [3.05, 3.63) is 174 Å². The fourth-order valence-electron chi connectivity index (χ4n) is 13.4. The van der Waals surface area contributed by atoms with Gasteiger partial charge in [-0.2, -0.15) is 0 Å². The van der Waals surface area contributed by atoms with Crippen molar-refractivity contribution in [3.8, 4) is 0 Å². The van der Waals surface area contributed by atoms with Gasteiger partial charge in [0.25, 0.3) is 0 Å². The molecule has 7 aromatic rings. The van der Waals surface area contributed by atoms with Crippen LogP contribution in [0.3, 0.4) is 0 Å². The van der Waals surface area contributed by atoms with Gasteiger partial charge in [-0.3, -0.25) is 77.9 Å². The summed E-state index contributed by atoms with van der Waals surface area (Å²) in [5.74, 6) is -15.7. The fourth-order valence-corrected chi connectivity index (χ4v) is 14.3. The van der Waals surface area contributed by atoms with Gasteiger partial charge in [0, 0.05) is 107 Å². The number of aryl methyl sites for hydroxylation is 1. The zero-order chi connectivity index (χ0) is 89.1. The van der Waals surface area contributed by atoms with E-state index < -0.39 is 198 Å². The fraction of sp³-hybridized carbons (Fsp3) is 0.420. The number of benzene rings is 4. The number of rotatable bonds is 26. The molecular formula is C81H108N26O15S. The highest BCUT2D eigenvalue weighted by atomic mass is 32.2. The molecule has 4 heterocycles. The molecule has 14 amide bonds. The van der Waals surface area contributed by atoms with Crippen LogP contribution in [0.4, 0.5) is 0 Å². The van der Waals surface area contributed by atoms with E-state index >= 15 is 38.4 Å². The number of H-pyrrole nitrogens is 2. The second kappa shape index (κ2) is 47.9. The molecule has 1 fully saturated rings. The number of aromatic nitrogens is 6. The van der Waals surface area contributed by atoms with Gasteiger partial charge in [-0.15, -0.1) is 11.8 Å². The maximum Gasteiger partial charge on any atom is 0.245 e. The van der Waals surface area contributed by atoms with Crippen molar-refractivity contribution in [1.82, 2.24) is 109 Å². The van der Waals surface area contributed by atoms with Crippen LogP contribution in [0.15, 0.2) is 141 Å². The number of nitrogens with one attached hydrogen (secondary N) is 18. The molecular weight excluding hydrogens is 1610 g/mol. The number of nitrogens with zero attached hydrogens (tertiary/aromatic N) is 5. The molecule has 4 aromatic carbocycles. The van der Waals surface area contributed by atoms with Crippen molar-refractivity contribution in [2.24, 2.45) is 30.2 Å². The zero-order valence-corrected chi connectivity index (χ0v) is 69.3. The lowest BCUT2D eigenvalue weighted by molar-refractivity contribution is -0.143. The number of guanidine groups is 2. The van der Waals surface area contributed by atoms with E-state index in [1.165, 1.54) is 44.6 Å². The minimum Gasteiger partial charge on any atom is -0.394 e. The monoisotopic (exact) mass is 1720 g/mol. The van der Waals surface area contributed by atoms with Crippen molar-refractivity contribution < 1.29 is 72.2 Å². The Morgan fingerprint density at radius 1 is 0.528 bits per heavy atom. The van der Waals surface area contributed by atoms with Crippen LogP contribution in [0.25, 0.3) is 10.8 Å². The summed E-state index contributed by atoms with van der Waals surface area (Å²) in [6.07, 6.45) is 6.55. The van der Waals surface area contributed by atoms with E-state index in [-0.39, 0.29) is 83.7 Å². The van der Waals surface area contributed by atoms with Gasteiger partial charge in [0.15, 0.2) is 11.9 Å². The number of aliphatic hydroxyl groups is 1. The summed E-state index contributed by atoms with van der Waals surface area (Å²) in [6, 6.07) is 12.3. The van der Waals surface area contributed by atoms with E-state index in [2.05, 4.69) is 99.4 Å². The summed E-state index contributed by atoms with van der Waals surface area (Å²) >= 11 is 0.810. The third-order valence-electron chi connectivity index (χ3n) is 20.3. The first-order chi connectivity index (χ1) is 59.0. The van der Waals surface area contributed by atoms with Crippen LogP contribution in [0.5, 0.6) is 0 Å². The number of aromatic amines is 2. The quantitative estimate of drug-likeness (QED) is 0.0138. The minimum atomic E-state index is -1.83. The third-order valence-corrected chi connectivity index (χ3v) is 21.3. The highest BCUT2D eigenvalue weighted by molar-refractivity contribution is 8.00. The molecule has 8 rings (SSSR count). The van der Waals surface area contributed by atoms with Gasteiger partial charge in [0.1, 0.15) is 66.5 Å². The molecule has 0 radical (unpaired) electrons. The van der Waals surface area contributed by atoms with Crippen LogP contribution >= 0.6 is 11.8 Å². The maximum atomic E-state index is 15.4. The smallest absolute Gasteiger partial charge is 0.245 e. The predicted molar refractivity (Wildman–Crippen MR) is 453 cm³/mol. The van der Waals surface area contributed by atoms with E-state index in [0.717, 1.165) is 22.0 Å². The molecule has 1 saturated heterocycles. The topological polar surface area (TPSA) is 632 Å². The second-order valence-corrected chi connectivity index (χ2v) is 30.6. The minimum absolute atomic E-state index is 0.0163. The van der Waals surface area contributed by atoms with E-state index in [0.29, 0.717) is 39.2 Å². The van der Waals surface area contributed by atoms with Gasteiger partial charge in [-0.1, -0.05) is 123 Å². The molecule has 3 aromatic heterocycles. The van der Waals surface area contributed by atoms with Crippen molar-refractivity contribution in [3.63, 3.8) is 0 Å². The van der Waals surface area contributed by atoms with Crippen LogP contribution in [0.1, 0.15) is 79.7 Å². The van der Waals surface area contributed by atoms with Crippen LogP contribution < -0.4 is 91.6 Å². The van der Waals surface area contributed by atoms with E-state index in [9.17, 15) is 33.9 Å². The highest BCUT2D eigenvalue weighted by Gasteiger charge is 2.40. The average molecular weight is 1720 g/mol. The molecule has 1 aliphatic heterocycles. The number of carbonyl (C=O) groups is 14. The summed E-state index contributed by atoms with van der Waals surface area (Å²) in [5, 5.41) is 64.9. The Morgan fingerprint density at radius 2 is 1.03 bits per heavy atom.